The fraction of sp³-hybridized carbons (Fsp3) is 0.431. The lowest BCUT2D eigenvalue weighted by Gasteiger charge is -2.41. The van der Waals surface area contributed by atoms with Gasteiger partial charge in [0.1, 0.15) is 23.2 Å². The van der Waals surface area contributed by atoms with Gasteiger partial charge in [-0.2, -0.15) is 9.90 Å². The molecule has 5 aliphatic heterocycles. The molecule has 360 valence electrons. The van der Waals surface area contributed by atoms with Crippen LogP contribution in [0.1, 0.15) is 120 Å². The van der Waals surface area contributed by atoms with Crippen LogP contribution in [0.2, 0.25) is 0 Å². The number of tetrazole rings is 1. The summed E-state index contributed by atoms with van der Waals surface area (Å²) in [4.78, 5) is 81.5. The van der Waals surface area contributed by atoms with Gasteiger partial charge in [0.25, 0.3) is 23.5 Å². The van der Waals surface area contributed by atoms with Crippen molar-refractivity contribution in [2.45, 2.75) is 103 Å². The Kier molecular flexibility index (Phi) is 11.1. The summed E-state index contributed by atoms with van der Waals surface area (Å²) in [6, 6.07) is 14.4. The second kappa shape index (κ2) is 17.2. The van der Waals surface area contributed by atoms with E-state index in [1.807, 2.05) is 69.7 Å². The van der Waals surface area contributed by atoms with Crippen molar-refractivity contribution >= 4 is 40.9 Å². The first-order valence-electron chi connectivity index (χ1n) is 24.2. The van der Waals surface area contributed by atoms with Gasteiger partial charge < -0.3 is 19.9 Å². The number of nitrogens with zero attached hydrogens (tertiary/aromatic N) is 11. The number of benzene rings is 2. The van der Waals surface area contributed by atoms with E-state index in [4.69, 9.17) is 14.7 Å². The second-order valence-corrected chi connectivity index (χ2v) is 20.5. The van der Waals surface area contributed by atoms with E-state index in [0.29, 0.717) is 23.7 Å². The number of imide groups is 2. The first kappa shape index (κ1) is 45.1. The molecule has 4 aromatic heterocycles. The Morgan fingerprint density at radius 1 is 0.943 bits per heavy atom. The third kappa shape index (κ3) is 8.24. The normalized spacial score (nSPS) is 19.9. The van der Waals surface area contributed by atoms with Crippen molar-refractivity contribution in [3.05, 3.63) is 101 Å². The number of fused-ring (bicyclic) bond motifs is 3. The molecule has 6 aromatic rings. The maximum atomic E-state index is 13.4. The fourth-order valence-electron chi connectivity index (χ4n) is 10.8. The smallest absolute Gasteiger partial charge is 0.293 e. The van der Waals surface area contributed by atoms with E-state index in [1.54, 1.807) is 18.3 Å². The van der Waals surface area contributed by atoms with E-state index in [9.17, 15) is 24.0 Å². The van der Waals surface area contributed by atoms with Gasteiger partial charge in [-0.05, 0) is 118 Å². The predicted molar refractivity (Wildman–Crippen MR) is 256 cm³/mol. The molecule has 5 aliphatic rings. The van der Waals surface area contributed by atoms with Crippen molar-refractivity contribution in [3.8, 4) is 28.3 Å². The van der Waals surface area contributed by atoms with Crippen molar-refractivity contribution in [3.63, 3.8) is 0 Å². The number of carbonyl (C=O) groups excluding carboxylic acids is 5. The number of piperidine rings is 3. The minimum Gasteiger partial charge on any atom is -0.487 e. The molecule has 2 atom stereocenters. The zero-order chi connectivity index (χ0) is 48.6. The van der Waals surface area contributed by atoms with Gasteiger partial charge in [-0.25, -0.2) is 14.5 Å². The molecule has 1 unspecified atom stereocenters. The lowest BCUT2D eigenvalue weighted by Crippen LogP contribution is -2.54. The van der Waals surface area contributed by atoms with Crippen LogP contribution in [0, 0.1) is 12.8 Å². The van der Waals surface area contributed by atoms with Gasteiger partial charge >= 0.3 is 0 Å². The number of likely N-dealkylation sites (tertiary alicyclic amines) is 1. The van der Waals surface area contributed by atoms with Gasteiger partial charge in [0.15, 0.2) is 0 Å². The van der Waals surface area contributed by atoms with Gasteiger partial charge in [-0.15, -0.1) is 10.2 Å². The molecule has 0 radical (unpaired) electrons. The van der Waals surface area contributed by atoms with Crippen LogP contribution in [0.25, 0.3) is 28.0 Å². The summed E-state index contributed by atoms with van der Waals surface area (Å²) in [5.41, 5.74) is 6.91. The number of aryl methyl sites for hydroxylation is 1. The number of carbonyl (C=O) groups is 5. The molecule has 70 heavy (non-hydrogen) atoms. The SMILES string of the molecule is Cc1cc(-c2nc(-c3ccc(N4CCC(CN5CCC6(CC5)Cc5cc7c(cc5O6)C(=O)N(C5CCC(=O)NC5=O)C7=O)CC4)nc3)cn3nccc23)ccc1[C@@H](C)NC(=O)c1nnn(C(C)(C)C)n1. The number of pyridine rings is 1. The summed E-state index contributed by atoms with van der Waals surface area (Å²) in [5.74, 6) is -0.235. The molecule has 3 saturated heterocycles. The van der Waals surface area contributed by atoms with Crippen molar-refractivity contribution in [1.82, 2.24) is 60.2 Å². The molecule has 9 heterocycles. The van der Waals surface area contributed by atoms with Crippen molar-refractivity contribution in [2.75, 3.05) is 37.6 Å². The minimum absolute atomic E-state index is 0.0267. The topological polar surface area (TPSA) is 215 Å². The molecule has 2 aromatic carbocycles. The number of nitrogens with one attached hydrogen (secondary N) is 2. The van der Waals surface area contributed by atoms with Gasteiger partial charge in [0.2, 0.25) is 11.8 Å². The van der Waals surface area contributed by atoms with E-state index in [1.165, 1.54) is 4.80 Å². The quantitative estimate of drug-likeness (QED) is 0.181. The number of anilines is 1. The molecule has 11 rings (SSSR count). The first-order valence-corrected chi connectivity index (χ1v) is 24.2. The Balaban J connectivity index is 0.683. The van der Waals surface area contributed by atoms with Crippen LogP contribution >= 0.6 is 0 Å². The highest BCUT2D eigenvalue weighted by molar-refractivity contribution is 6.23. The Hall–Kier alpha value is -7.41. The molecule has 5 amide bonds. The highest BCUT2D eigenvalue weighted by Crippen LogP contribution is 2.44. The average molecular weight is 946 g/mol. The summed E-state index contributed by atoms with van der Waals surface area (Å²) < 4.78 is 8.46. The fourth-order valence-corrected chi connectivity index (χ4v) is 10.8. The molecule has 0 aliphatic carbocycles. The summed E-state index contributed by atoms with van der Waals surface area (Å²) in [6.45, 7) is 14.5. The zero-order valence-electron chi connectivity index (χ0n) is 39.9. The van der Waals surface area contributed by atoms with Gasteiger partial charge in [0.05, 0.1) is 52.0 Å². The standard InChI is InChI=1S/C51H55N13O6/c1-29-22-32(6-8-35(29)30(2)54-47(67)45-57-59-64(58-45)50(3,4)5)44-39-12-17-53-62(39)28-38(55-44)33-7-10-42(52-26-33)61-18-13-31(14-19-61)27-60-20-15-51(16-21-60)25-34-23-36-37(24-41(34)70-51)49(69)63(48(36)68)40-9-11-43(65)56-46(40)66/h6-8,10,12,17,22-24,26,28,30-31,40H,9,11,13-16,18-21,25,27H2,1-5H3,(H,54,67)(H,56,65,66)/t30-,40?/m1/s1. The van der Waals surface area contributed by atoms with Gasteiger partial charge in [0, 0.05) is 75.7 Å². The van der Waals surface area contributed by atoms with Crippen LogP contribution in [-0.2, 0) is 21.5 Å². The molecule has 19 heteroatoms. The van der Waals surface area contributed by atoms with Crippen LogP contribution in [-0.4, -0.2) is 123 Å². The number of hydrogen-bond donors (Lipinski definition) is 2. The molecule has 19 nitrogen and oxygen atoms in total. The Bertz CT molecular complexity index is 3060. The summed E-state index contributed by atoms with van der Waals surface area (Å²) in [7, 11) is 0. The van der Waals surface area contributed by atoms with Crippen molar-refractivity contribution < 1.29 is 28.7 Å². The summed E-state index contributed by atoms with van der Waals surface area (Å²) in [5, 5.41) is 22.1. The molecule has 0 saturated carbocycles. The number of rotatable bonds is 9. The van der Waals surface area contributed by atoms with Crippen molar-refractivity contribution in [1.29, 1.82) is 0 Å². The lowest BCUT2D eigenvalue weighted by atomic mass is 9.86. The molecule has 2 N–H and O–H groups in total. The maximum Gasteiger partial charge on any atom is 0.293 e. The van der Waals surface area contributed by atoms with E-state index in [-0.39, 0.29) is 41.8 Å². The minimum atomic E-state index is -0.993. The average Bonchev–Trinajstić information content (AvgIpc) is 4.15. The third-order valence-corrected chi connectivity index (χ3v) is 14.7. The molecule has 1 spiro atoms. The monoisotopic (exact) mass is 945 g/mol. The van der Waals surface area contributed by atoms with Crippen molar-refractivity contribution in [2.24, 2.45) is 5.92 Å². The van der Waals surface area contributed by atoms with Crippen LogP contribution in [0.15, 0.2) is 67.1 Å². The number of ether oxygens (including phenoxy) is 1. The summed E-state index contributed by atoms with van der Waals surface area (Å²) >= 11 is 0. The van der Waals surface area contributed by atoms with Gasteiger partial charge in [-0.3, -0.25) is 34.2 Å². The second-order valence-electron chi connectivity index (χ2n) is 20.5. The Morgan fingerprint density at radius 3 is 2.40 bits per heavy atom. The number of amides is 5. The molecule has 0 bridgehead atoms. The third-order valence-electron chi connectivity index (χ3n) is 14.7. The number of hydrogen-bond acceptors (Lipinski definition) is 14. The van der Waals surface area contributed by atoms with Crippen LogP contribution in [0.3, 0.4) is 0 Å². The Labute approximate surface area is 404 Å². The van der Waals surface area contributed by atoms with Crippen LogP contribution in [0.5, 0.6) is 5.75 Å². The number of aromatic nitrogens is 8. The van der Waals surface area contributed by atoms with E-state index in [2.05, 4.69) is 59.1 Å². The van der Waals surface area contributed by atoms with Crippen LogP contribution < -0.4 is 20.3 Å². The van der Waals surface area contributed by atoms with E-state index >= 15 is 0 Å². The molecular weight excluding hydrogens is 891 g/mol. The Morgan fingerprint density at radius 2 is 1.70 bits per heavy atom. The molecular formula is C51H55N13O6. The van der Waals surface area contributed by atoms with Crippen LogP contribution in [0.4, 0.5) is 5.82 Å². The lowest BCUT2D eigenvalue weighted by molar-refractivity contribution is -0.136. The highest BCUT2D eigenvalue weighted by atomic mass is 16.5. The first-order chi connectivity index (χ1) is 33.6. The largest absolute Gasteiger partial charge is 0.487 e. The van der Waals surface area contributed by atoms with E-state index < -0.39 is 35.2 Å². The zero-order valence-corrected chi connectivity index (χ0v) is 39.9. The summed E-state index contributed by atoms with van der Waals surface area (Å²) in [6.07, 6.45) is 10.3. The predicted octanol–water partition coefficient (Wildman–Crippen LogP) is 5.09. The van der Waals surface area contributed by atoms with Gasteiger partial charge in [-0.1, -0.05) is 12.1 Å². The maximum absolute atomic E-state index is 13.4. The highest BCUT2D eigenvalue weighted by Gasteiger charge is 2.48. The molecule has 3 fully saturated rings. The van der Waals surface area contributed by atoms with E-state index in [0.717, 1.165) is 114 Å².